The van der Waals surface area contributed by atoms with Gasteiger partial charge in [0.05, 0.1) is 11.9 Å². The minimum atomic E-state index is 0.422. The van der Waals surface area contributed by atoms with Gasteiger partial charge in [-0.2, -0.15) is 5.10 Å². The third kappa shape index (κ3) is 4.26. The number of aromatic nitrogens is 4. The maximum Gasteiger partial charge on any atom is 0.157 e. The standard InChI is InChI=1S/C15H23N5O/c1-4-7-20-10-12(9-17-20)13-8-14(16-5-2)19-15(18-13)11-21-6-3/h8-10H,4-7,11H2,1-3H3,(H,16,18,19). The SMILES string of the molecule is CCCn1cc(-c2cc(NCC)nc(COCC)n2)cn1. The van der Waals surface area contributed by atoms with Gasteiger partial charge in [0.1, 0.15) is 12.4 Å². The molecule has 6 heteroatoms. The normalized spacial score (nSPS) is 10.8. The fourth-order valence-electron chi connectivity index (χ4n) is 2.02. The van der Waals surface area contributed by atoms with Crippen LogP contribution in [0.2, 0.25) is 0 Å². The summed E-state index contributed by atoms with van der Waals surface area (Å²) in [5.41, 5.74) is 1.88. The van der Waals surface area contributed by atoms with Crippen molar-refractivity contribution < 1.29 is 4.74 Å². The monoisotopic (exact) mass is 289 g/mol. The lowest BCUT2D eigenvalue weighted by molar-refractivity contribution is 0.128. The van der Waals surface area contributed by atoms with Crippen LogP contribution in [0.4, 0.5) is 5.82 Å². The highest BCUT2D eigenvalue weighted by molar-refractivity contribution is 5.60. The minimum absolute atomic E-state index is 0.422. The molecule has 0 aliphatic rings. The van der Waals surface area contributed by atoms with Gasteiger partial charge < -0.3 is 10.1 Å². The van der Waals surface area contributed by atoms with E-state index in [-0.39, 0.29) is 0 Å². The molecule has 0 aliphatic heterocycles. The topological polar surface area (TPSA) is 64.9 Å². The van der Waals surface area contributed by atoms with E-state index in [2.05, 4.69) is 27.3 Å². The van der Waals surface area contributed by atoms with E-state index in [1.807, 2.05) is 37.0 Å². The lowest BCUT2D eigenvalue weighted by Gasteiger charge is -2.08. The van der Waals surface area contributed by atoms with Gasteiger partial charge in [0.25, 0.3) is 0 Å². The second kappa shape index (κ2) is 7.73. The first-order chi connectivity index (χ1) is 10.3. The van der Waals surface area contributed by atoms with E-state index in [9.17, 15) is 0 Å². The van der Waals surface area contributed by atoms with E-state index in [0.717, 1.165) is 36.6 Å². The molecule has 6 nitrogen and oxygen atoms in total. The predicted molar refractivity (Wildman–Crippen MR) is 83.0 cm³/mol. The molecule has 0 amide bonds. The number of anilines is 1. The van der Waals surface area contributed by atoms with Crippen molar-refractivity contribution in [3.63, 3.8) is 0 Å². The van der Waals surface area contributed by atoms with Crippen LogP contribution in [0.5, 0.6) is 0 Å². The van der Waals surface area contributed by atoms with Gasteiger partial charge in [-0.3, -0.25) is 4.68 Å². The van der Waals surface area contributed by atoms with Crippen molar-refractivity contribution in [2.24, 2.45) is 0 Å². The van der Waals surface area contributed by atoms with Crippen LogP contribution in [0, 0.1) is 0 Å². The first-order valence-electron chi connectivity index (χ1n) is 7.49. The van der Waals surface area contributed by atoms with Crippen molar-refractivity contribution in [3.8, 4) is 11.3 Å². The van der Waals surface area contributed by atoms with Gasteiger partial charge in [-0.15, -0.1) is 0 Å². The second-order valence-electron chi connectivity index (χ2n) is 4.71. The average Bonchev–Trinajstić information content (AvgIpc) is 2.94. The van der Waals surface area contributed by atoms with E-state index in [1.54, 1.807) is 0 Å². The Bertz CT molecular complexity index is 567. The molecule has 1 N–H and O–H groups in total. The second-order valence-corrected chi connectivity index (χ2v) is 4.71. The maximum atomic E-state index is 5.41. The van der Waals surface area contributed by atoms with Gasteiger partial charge in [-0.25, -0.2) is 9.97 Å². The average molecular weight is 289 g/mol. The third-order valence-electron chi connectivity index (χ3n) is 2.95. The van der Waals surface area contributed by atoms with Gasteiger partial charge >= 0.3 is 0 Å². The zero-order valence-corrected chi connectivity index (χ0v) is 13.0. The number of hydrogen-bond acceptors (Lipinski definition) is 5. The van der Waals surface area contributed by atoms with E-state index in [1.165, 1.54) is 0 Å². The Labute approximate surface area is 125 Å². The lowest BCUT2D eigenvalue weighted by atomic mass is 10.2. The molecule has 0 fully saturated rings. The summed E-state index contributed by atoms with van der Waals surface area (Å²) >= 11 is 0. The van der Waals surface area contributed by atoms with E-state index >= 15 is 0 Å². The molecule has 0 aromatic carbocycles. The summed E-state index contributed by atoms with van der Waals surface area (Å²) in [7, 11) is 0. The van der Waals surface area contributed by atoms with Gasteiger partial charge in [0, 0.05) is 37.5 Å². The van der Waals surface area contributed by atoms with Crippen molar-refractivity contribution in [3.05, 3.63) is 24.3 Å². The van der Waals surface area contributed by atoms with Crippen LogP contribution in [0.1, 0.15) is 33.0 Å². The van der Waals surface area contributed by atoms with Crippen LogP contribution in [-0.2, 0) is 17.9 Å². The number of rotatable bonds is 8. The smallest absolute Gasteiger partial charge is 0.157 e. The zero-order valence-electron chi connectivity index (χ0n) is 13.0. The third-order valence-corrected chi connectivity index (χ3v) is 2.95. The molecule has 114 valence electrons. The van der Waals surface area contributed by atoms with E-state index in [0.29, 0.717) is 19.0 Å². The summed E-state index contributed by atoms with van der Waals surface area (Å²) in [5.74, 6) is 1.51. The number of ether oxygens (including phenoxy) is 1. The fourth-order valence-corrected chi connectivity index (χ4v) is 2.02. The summed E-state index contributed by atoms with van der Waals surface area (Å²) in [6, 6.07) is 1.95. The highest BCUT2D eigenvalue weighted by Gasteiger charge is 2.08. The first kappa shape index (κ1) is 15.4. The molecule has 0 atom stereocenters. The molecule has 2 rings (SSSR count). The molecular weight excluding hydrogens is 266 g/mol. The molecule has 0 unspecified atom stereocenters. The highest BCUT2D eigenvalue weighted by atomic mass is 16.5. The van der Waals surface area contributed by atoms with E-state index in [4.69, 9.17) is 4.74 Å². The number of nitrogens with one attached hydrogen (secondary N) is 1. The molecule has 21 heavy (non-hydrogen) atoms. The summed E-state index contributed by atoms with van der Waals surface area (Å²) in [4.78, 5) is 9.02. The quantitative estimate of drug-likeness (QED) is 0.809. The zero-order chi connectivity index (χ0) is 15.1. The van der Waals surface area contributed by atoms with Gasteiger partial charge in [0.15, 0.2) is 5.82 Å². The maximum absolute atomic E-state index is 5.41. The molecule has 0 bridgehead atoms. The molecule has 0 spiro atoms. The summed E-state index contributed by atoms with van der Waals surface area (Å²) in [6.07, 6.45) is 4.92. The van der Waals surface area contributed by atoms with Crippen molar-refractivity contribution in [1.82, 2.24) is 19.7 Å². The Morgan fingerprint density at radius 2 is 2.10 bits per heavy atom. The molecule has 0 saturated carbocycles. The number of hydrogen-bond donors (Lipinski definition) is 1. The Morgan fingerprint density at radius 1 is 1.24 bits per heavy atom. The van der Waals surface area contributed by atoms with Gasteiger partial charge in [0.2, 0.25) is 0 Å². The number of aryl methyl sites for hydroxylation is 1. The Morgan fingerprint density at radius 3 is 2.81 bits per heavy atom. The van der Waals surface area contributed by atoms with Crippen LogP contribution in [-0.4, -0.2) is 32.9 Å². The Kier molecular flexibility index (Phi) is 5.68. The molecule has 2 aromatic rings. The van der Waals surface area contributed by atoms with Crippen LogP contribution in [0.25, 0.3) is 11.3 Å². The van der Waals surface area contributed by atoms with Crippen molar-refractivity contribution in [2.45, 2.75) is 40.3 Å². The van der Waals surface area contributed by atoms with Crippen molar-refractivity contribution >= 4 is 5.82 Å². The molecule has 0 aliphatic carbocycles. The predicted octanol–water partition coefficient (Wildman–Crippen LogP) is 2.72. The van der Waals surface area contributed by atoms with Gasteiger partial charge in [-0.1, -0.05) is 6.92 Å². The first-order valence-corrected chi connectivity index (χ1v) is 7.49. The molecule has 0 saturated heterocycles. The van der Waals surface area contributed by atoms with E-state index < -0.39 is 0 Å². The Hall–Kier alpha value is -1.95. The molecule has 0 radical (unpaired) electrons. The summed E-state index contributed by atoms with van der Waals surface area (Å²) in [5, 5.41) is 7.59. The molecule has 2 aromatic heterocycles. The molecular formula is C15H23N5O. The van der Waals surface area contributed by atoms with Crippen LogP contribution in [0.15, 0.2) is 18.5 Å². The van der Waals surface area contributed by atoms with Crippen molar-refractivity contribution in [2.75, 3.05) is 18.5 Å². The summed E-state index contributed by atoms with van der Waals surface area (Å²) in [6.45, 7) is 8.95. The van der Waals surface area contributed by atoms with Crippen LogP contribution < -0.4 is 5.32 Å². The lowest BCUT2D eigenvalue weighted by Crippen LogP contribution is -2.06. The van der Waals surface area contributed by atoms with Crippen LogP contribution >= 0.6 is 0 Å². The number of nitrogens with zero attached hydrogens (tertiary/aromatic N) is 4. The molecule has 2 heterocycles. The van der Waals surface area contributed by atoms with Crippen LogP contribution in [0.3, 0.4) is 0 Å². The highest BCUT2D eigenvalue weighted by Crippen LogP contribution is 2.19. The summed E-state index contributed by atoms with van der Waals surface area (Å²) < 4.78 is 7.35. The largest absolute Gasteiger partial charge is 0.374 e. The minimum Gasteiger partial charge on any atom is -0.374 e. The van der Waals surface area contributed by atoms with Crippen molar-refractivity contribution in [1.29, 1.82) is 0 Å². The van der Waals surface area contributed by atoms with Gasteiger partial charge in [-0.05, 0) is 20.3 Å². The fraction of sp³-hybridized carbons (Fsp3) is 0.533. The Balaban J connectivity index is 2.28.